The number of halogens is 1. The van der Waals surface area contributed by atoms with E-state index in [0.29, 0.717) is 0 Å². The van der Waals surface area contributed by atoms with Crippen LogP contribution in [-0.4, -0.2) is 0 Å². The second-order valence-electron chi connectivity index (χ2n) is 4.49. The monoisotopic (exact) mass is 294 g/mol. The molecule has 0 heterocycles. The van der Waals surface area contributed by atoms with Crippen LogP contribution < -0.4 is 0 Å². The van der Waals surface area contributed by atoms with Gasteiger partial charge in [-0.2, -0.15) is 0 Å². The summed E-state index contributed by atoms with van der Waals surface area (Å²) in [6.45, 7) is 2.25. The van der Waals surface area contributed by atoms with E-state index in [0.717, 1.165) is 4.47 Å². The summed E-state index contributed by atoms with van der Waals surface area (Å²) in [4.78, 5) is 0. The van der Waals surface area contributed by atoms with Gasteiger partial charge in [-0.05, 0) is 49.8 Å². The van der Waals surface area contributed by atoms with Crippen molar-refractivity contribution in [1.29, 1.82) is 0 Å². The van der Waals surface area contributed by atoms with Crippen LogP contribution >= 0.6 is 15.9 Å². The second-order valence-corrected chi connectivity index (χ2v) is 5.40. The summed E-state index contributed by atoms with van der Waals surface area (Å²) in [5.74, 6) is 0. The van der Waals surface area contributed by atoms with Crippen molar-refractivity contribution < 1.29 is 0 Å². The number of unbranched alkanes of at least 4 members (excludes halogenated alkanes) is 4. The lowest BCUT2D eigenvalue weighted by Gasteiger charge is -1.99. The molecular weight excluding hydrogens is 272 g/mol. The molecule has 94 valence electrons. The van der Waals surface area contributed by atoms with Gasteiger partial charge in [0.15, 0.2) is 0 Å². The highest BCUT2D eigenvalue weighted by molar-refractivity contribution is 9.10. The van der Waals surface area contributed by atoms with E-state index < -0.39 is 0 Å². The van der Waals surface area contributed by atoms with Crippen molar-refractivity contribution in [2.45, 2.75) is 51.9 Å². The molecule has 0 fully saturated rings. The SMILES string of the molecule is CCCCCC=CCCCc1ccc(Br)cc1. The molecule has 0 aliphatic rings. The summed E-state index contributed by atoms with van der Waals surface area (Å²) in [6, 6.07) is 8.65. The smallest absolute Gasteiger partial charge is 0.0175 e. The first-order chi connectivity index (χ1) is 8.33. The van der Waals surface area contributed by atoms with Gasteiger partial charge in [0.1, 0.15) is 0 Å². The fraction of sp³-hybridized carbons (Fsp3) is 0.500. The van der Waals surface area contributed by atoms with Gasteiger partial charge in [0.2, 0.25) is 0 Å². The first-order valence-electron chi connectivity index (χ1n) is 6.72. The molecule has 0 saturated carbocycles. The van der Waals surface area contributed by atoms with Crippen molar-refractivity contribution >= 4 is 15.9 Å². The van der Waals surface area contributed by atoms with E-state index in [4.69, 9.17) is 0 Å². The summed E-state index contributed by atoms with van der Waals surface area (Å²) in [5, 5.41) is 0. The van der Waals surface area contributed by atoms with E-state index in [9.17, 15) is 0 Å². The van der Waals surface area contributed by atoms with Crippen LogP contribution in [0.3, 0.4) is 0 Å². The normalized spacial score (nSPS) is 11.2. The predicted molar refractivity (Wildman–Crippen MR) is 80.4 cm³/mol. The average Bonchev–Trinajstić information content (AvgIpc) is 2.35. The summed E-state index contributed by atoms with van der Waals surface area (Å²) in [5.41, 5.74) is 1.44. The number of benzene rings is 1. The topological polar surface area (TPSA) is 0 Å². The Hall–Kier alpha value is -0.560. The zero-order valence-corrected chi connectivity index (χ0v) is 12.4. The molecule has 0 bridgehead atoms. The van der Waals surface area contributed by atoms with Gasteiger partial charge in [0.25, 0.3) is 0 Å². The van der Waals surface area contributed by atoms with Crippen molar-refractivity contribution in [2.75, 3.05) is 0 Å². The second kappa shape index (κ2) is 9.47. The Morgan fingerprint density at radius 3 is 2.24 bits per heavy atom. The first kappa shape index (κ1) is 14.5. The minimum Gasteiger partial charge on any atom is -0.0885 e. The van der Waals surface area contributed by atoms with Crippen LogP contribution in [0, 0.1) is 0 Å². The van der Waals surface area contributed by atoms with Crippen LogP contribution in [0.1, 0.15) is 51.0 Å². The number of hydrogen-bond donors (Lipinski definition) is 0. The molecule has 0 aliphatic heterocycles. The van der Waals surface area contributed by atoms with E-state index in [2.05, 4.69) is 59.3 Å². The summed E-state index contributed by atoms with van der Waals surface area (Å²) in [7, 11) is 0. The van der Waals surface area contributed by atoms with Crippen LogP contribution in [0.5, 0.6) is 0 Å². The Balaban J connectivity index is 2.05. The van der Waals surface area contributed by atoms with Crippen molar-refractivity contribution in [3.8, 4) is 0 Å². The van der Waals surface area contributed by atoms with Crippen molar-refractivity contribution in [2.24, 2.45) is 0 Å². The zero-order valence-electron chi connectivity index (χ0n) is 10.8. The summed E-state index contributed by atoms with van der Waals surface area (Å²) >= 11 is 3.46. The lowest BCUT2D eigenvalue weighted by Crippen LogP contribution is -1.83. The highest BCUT2D eigenvalue weighted by atomic mass is 79.9. The Bertz CT molecular complexity index is 311. The molecule has 0 nitrogen and oxygen atoms in total. The van der Waals surface area contributed by atoms with E-state index in [1.807, 2.05) is 0 Å². The average molecular weight is 295 g/mol. The molecule has 0 radical (unpaired) electrons. The molecule has 1 aromatic rings. The van der Waals surface area contributed by atoms with Crippen LogP contribution in [0.15, 0.2) is 40.9 Å². The molecule has 1 rings (SSSR count). The van der Waals surface area contributed by atoms with Crippen LogP contribution in [-0.2, 0) is 6.42 Å². The molecule has 0 spiro atoms. The maximum atomic E-state index is 3.46. The fourth-order valence-corrected chi connectivity index (χ4v) is 2.09. The predicted octanol–water partition coefficient (Wildman–Crippen LogP) is 5.91. The molecule has 1 heteroatoms. The number of aryl methyl sites for hydroxylation is 1. The van der Waals surface area contributed by atoms with E-state index >= 15 is 0 Å². The molecular formula is C16H23Br. The van der Waals surface area contributed by atoms with Crippen LogP contribution in [0.4, 0.5) is 0 Å². The van der Waals surface area contributed by atoms with Crippen molar-refractivity contribution in [3.63, 3.8) is 0 Å². The molecule has 0 unspecified atom stereocenters. The van der Waals surface area contributed by atoms with Gasteiger partial charge in [-0.1, -0.05) is 60.0 Å². The third-order valence-corrected chi connectivity index (χ3v) is 3.42. The lowest BCUT2D eigenvalue weighted by molar-refractivity contribution is 0.726. The standard InChI is InChI=1S/C16H23Br/c1-2-3-4-5-6-7-8-9-10-15-11-13-16(17)14-12-15/h6-7,11-14H,2-5,8-10H2,1H3. The third-order valence-electron chi connectivity index (χ3n) is 2.89. The molecule has 0 amide bonds. The van der Waals surface area contributed by atoms with E-state index in [1.165, 1.54) is 50.5 Å². The van der Waals surface area contributed by atoms with Gasteiger partial charge < -0.3 is 0 Å². The quantitative estimate of drug-likeness (QED) is 0.413. The fourth-order valence-electron chi connectivity index (χ4n) is 1.82. The summed E-state index contributed by atoms with van der Waals surface area (Å²) in [6.07, 6.45) is 13.6. The molecule has 17 heavy (non-hydrogen) atoms. The molecule has 0 aliphatic carbocycles. The molecule has 0 aromatic heterocycles. The number of allylic oxidation sites excluding steroid dienone is 2. The van der Waals surface area contributed by atoms with Gasteiger partial charge in [-0.25, -0.2) is 0 Å². The van der Waals surface area contributed by atoms with Gasteiger partial charge in [0.05, 0.1) is 0 Å². The van der Waals surface area contributed by atoms with Crippen LogP contribution in [0.25, 0.3) is 0 Å². The number of rotatable bonds is 8. The van der Waals surface area contributed by atoms with Crippen LogP contribution in [0.2, 0.25) is 0 Å². The Kier molecular flexibility index (Phi) is 8.08. The molecule has 0 saturated heterocycles. The molecule has 0 N–H and O–H groups in total. The van der Waals surface area contributed by atoms with Crippen molar-refractivity contribution in [1.82, 2.24) is 0 Å². The molecule has 0 atom stereocenters. The van der Waals surface area contributed by atoms with Gasteiger partial charge >= 0.3 is 0 Å². The maximum Gasteiger partial charge on any atom is 0.0175 e. The lowest BCUT2D eigenvalue weighted by atomic mass is 10.1. The van der Waals surface area contributed by atoms with Gasteiger partial charge in [-0.3, -0.25) is 0 Å². The first-order valence-corrected chi connectivity index (χ1v) is 7.51. The molecule has 1 aromatic carbocycles. The van der Waals surface area contributed by atoms with E-state index in [-0.39, 0.29) is 0 Å². The highest BCUT2D eigenvalue weighted by Crippen LogP contribution is 2.12. The van der Waals surface area contributed by atoms with Gasteiger partial charge in [0, 0.05) is 4.47 Å². The summed E-state index contributed by atoms with van der Waals surface area (Å²) < 4.78 is 1.16. The minimum atomic E-state index is 1.16. The Morgan fingerprint density at radius 1 is 0.941 bits per heavy atom. The largest absolute Gasteiger partial charge is 0.0885 e. The number of hydrogen-bond acceptors (Lipinski definition) is 0. The van der Waals surface area contributed by atoms with Gasteiger partial charge in [-0.15, -0.1) is 0 Å². The zero-order chi connectivity index (χ0) is 12.3. The van der Waals surface area contributed by atoms with E-state index in [1.54, 1.807) is 0 Å². The Morgan fingerprint density at radius 2 is 1.59 bits per heavy atom. The maximum absolute atomic E-state index is 3.46. The highest BCUT2D eigenvalue weighted by Gasteiger charge is 1.92. The third kappa shape index (κ3) is 7.38. The minimum absolute atomic E-state index is 1.16. The van der Waals surface area contributed by atoms with Crippen molar-refractivity contribution in [3.05, 3.63) is 46.5 Å². The Labute approximate surface area is 114 Å².